The van der Waals surface area contributed by atoms with Gasteiger partial charge in [-0.15, -0.1) is 0 Å². The minimum absolute atomic E-state index is 0.558. The molecule has 1 rings (SSSR count). The lowest BCUT2D eigenvalue weighted by atomic mass is 10.3. The van der Waals surface area contributed by atoms with Crippen molar-refractivity contribution >= 4 is 42.0 Å². The third kappa shape index (κ3) is 5.23. The van der Waals surface area contributed by atoms with Gasteiger partial charge >= 0.3 is 0 Å². The van der Waals surface area contributed by atoms with Gasteiger partial charge in [0.05, 0.1) is 5.69 Å². The number of rotatable bonds is 7. The van der Waals surface area contributed by atoms with Crippen molar-refractivity contribution in [3.8, 4) is 0 Å². The van der Waals surface area contributed by atoms with Crippen LogP contribution in [0.1, 0.15) is 66.8 Å². The molecule has 1 nitrogen and oxygen atoms in total. The Balaban J connectivity index is 3.27. The molecular formula is C19H35NP2S2. The van der Waals surface area contributed by atoms with Crippen LogP contribution in [0.25, 0.3) is 0 Å². The SMILES string of the molecule is CC(C)P(=S)(Cc1cccc(C=P(S)(C(C)C)C(C)C)n1)C(C)C. The predicted molar refractivity (Wildman–Crippen MR) is 124 cm³/mol. The molecule has 138 valence electrons. The van der Waals surface area contributed by atoms with E-state index in [0.717, 1.165) is 17.5 Å². The zero-order chi connectivity index (χ0) is 18.7. The van der Waals surface area contributed by atoms with Crippen LogP contribution in [0.15, 0.2) is 18.2 Å². The largest absolute Gasteiger partial charge is 0.253 e. The Hall–Kier alpha value is 0.450. The van der Waals surface area contributed by atoms with Gasteiger partial charge in [0, 0.05) is 11.9 Å². The van der Waals surface area contributed by atoms with E-state index in [4.69, 9.17) is 29.0 Å². The Labute approximate surface area is 160 Å². The number of pyridine rings is 1. The predicted octanol–water partition coefficient (Wildman–Crippen LogP) is 6.71. The molecule has 0 spiro atoms. The number of hydrogen-bond acceptors (Lipinski definition) is 3. The summed E-state index contributed by atoms with van der Waals surface area (Å²) >= 11 is 11.2. The summed E-state index contributed by atoms with van der Waals surface area (Å²) < 4.78 is 0. The summed E-state index contributed by atoms with van der Waals surface area (Å²) in [5.41, 5.74) is 4.47. The van der Waals surface area contributed by atoms with E-state index in [1.54, 1.807) is 0 Å². The van der Waals surface area contributed by atoms with Crippen LogP contribution in [0.2, 0.25) is 0 Å². The maximum Gasteiger partial charge on any atom is 0.0642 e. The first-order valence-electron chi connectivity index (χ1n) is 8.94. The average Bonchev–Trinajstić information content (AvgIpc) is 2.46. The van der Waals surface area contributed by atoms with Crippen LogP contribution in [-0.4, -0.2) is 33.4 Å². The summed E-state index contributed by atoms with van der Waals surface area (Å²) in [5, 5.41) is 0. The molecule has 1 aromatic heterocycles. The van der Waals surface area contributed by atoms with Crippen LogP contribution in [0, 0.1) is 0 Å². The Kier molecular flexibility index (Phi) is 8.34. The van der Waals surface area contributed by atoms with E-state index in [1.807, 2.05) is 0 Å². The summed E-state index contributed by atoms with van der Waals surface area (Å²) in [5.74, 6) is 2.35. The van der Waals surface area contributed by atoms with Gasteiger partial charge in [0.15, 0.2) is 0 Å². The topological polar surface area (TPSA) is 12.9 Å². The van der Waals surface area contributed by atoms with Crippen molar-refractivity contribution in [2.45, 2.75) is 84.2 Å². The quantitative estimate of drug-likeness (QED) is 0.401. The number of thiol groups is 1. The fourth-order valence-electron chi connectivity index (χ4n) is 2.98. The van der Waals surface area contributed by atoms with Crippen molar-refractivity contribution in [2.24, 2.45) is 0 Å². The Morgan fingerprint density at radius 2 is 1.46 bits per heavy atom. The summed E-state index contributed by atoms with van der Waals surface area (Å²) in [7, 11) is 0. The third-order valence-corrected chi connectivity index (χ3v) is 19.3. The van der Waals surface area contributed by atoms with Gasteiger partial charge in [-0.1, -0.05) is 73.3 Å². The molecule has 0 bridgehead atoms. The normalized spacial score (nSPS) is 13.4. The van der Waals surface area contributed by atoms with Gasteiger partial charge < -0.3 is 0 Å². The molecule has 0 saturated carbocycles. The van der Waals surface area contributed by atoms with Gasteiger partial charge in [-0.05, 0) is 52.7 Å². The van der Waals surface area contributed by atoms with Crippen LogP contribution in [0.3, 0.4) is 0 Å². The van der Waals surface area contributed by atoms with Gasteiger partial charge in [0.25, 0.3) is 0 Å². The molecule has 0 radical (unpaired) electrons. The maximum atomic E-state index is 6.12. The monoisotopic (exact) mass is 403 g/mol. The molecule has 0 aliphatic carbocycles. The van der Waals surface area contributed by atoms with Crippen molar-refractivity contribution in [3.05, 3.63) is 29.6 Å². The Bertz CT molecular complexity index is 625. The molecular weight excluding hydrogens is 368 g/mol. The van der Waals surface area contributed by atoms with Crippen LogP contribution in [0.4, 0.5) is 0 Å². The lowest BCUT2D eigenvalue weighted by molar-refractivity contribution is 0.983. The van der Waals surface area contributed by atoms with Crippen molar-refractivity contribution in [1.29, 1.82) is 0 Å². The molecule has 0 N–H and O–H groups in total. The molecule has 0 unspecified atom stereocenters. The second-order valence-electron chi connectivity index (χ2n) is 7.86. The van der Waals surface area contributed by atoms with Crippen molar-refractivity contribution in [3.63, 3.8) is 0 Å². The smallest absolute Gasteiger partial charge is 0.0642 e. The molecule has 0 aromatic carbocycles. The summed E-state index contributed by atoms with van der Waals surface area (Å²) in [6.45, 7) is 18.2. The molecule has 0 aliphatic heterocycles. The van der Waals surface area contributed by atoms with E-state index in [-0.39, 0.29) is 0 Å². The minimum Gasteiger partial charge on any atom is -0.253 e. The molecule has 0 atom stereocenters. The highest BCUT2D eigenvalue weighted by Crippen LogP contribution is 2.61. The highest BCUT2D eigenvalue weighted by molar-refractivity contribution is 8.52. The first-order valence-corrected chi connectivity index (χ1v) is 15.2. The Morgan fingerprint density at radius 3 is 1.88 bits per heavy atom. The first kappa shape index (κ1) is 22.5. The van der Waals surface area contributed by atoms with E-state index >= 15 is 0 Å². The van der Waals surface area contributed by atoms with E-state index in [2.05, 4.69) is 79.4 Å². The number of aromatic nitrogens is 1. The first-order chi connectivity index (χ1) is 10.9. The van der Waals surface area contributed by atoms with E-state index in [9.17, 15) is 0 Å². The standard InChI is InChI=1S/C19H35NP2S2/c1-14(2)21(23,15(3)4)12-18-10-9-11-19(20-18)13-22(24,16(5)6)17(7)8/h9-12,14-17,23H,13H2,1-8H3. The second-order valence-corrected chi connectivity index (χ2v) is 20.0. The summed E-state index contributed by atoms with van der Waals surface area (Å²) in [6, 6.07) is 4.95. The fraction of sp³-hybridized carbons (Fsp3) is 0.684. The average molecular weight is 404 g/mol. The van der Waals surface area contributed by atoms with Crippen LogP contribution < -0.4 is 0 Å². The van der Waals surface area contributed by atoms with Gasteiger partial charge in [-0.2, -0.15) is 12.2 Å². The fourth-order valence-corrected chi connectivity index (χ4v) is 8.69. The van der Waals surface area contributed by atoms with E-state index in [1.165, 1.54) is 0 Å². The van der Waals surface area contributed by atoms with E-state index in [0.29, 0.717) is 22.6 Å². The highest BCUT2D eigenvalue weighted by atomic mass is 32.7. The zero-order valence-corrected chi connectivity index (χ0v) is 20.0. The maximum absolute atomic E-state index is 6.12. The molecule has 0 saturated heterocycles. The third-order valence-electron chi connectivity index (χ3n) is 4.98. The molecule has 0 fully saturated rings. The van der Waals surface area contributed by atoms with Crippen LogP contribution in [-0.2, 0) is 18.0 Å². The summed E-state index contributed by atoms with van der Waals surface area (Å²) in [4.78, 5) is 4.96. The molecule has 1 aromatic rings. The number of nitrogens with zero attached hydrogens (tertiary/aromatic N) is 1. The Morgan fingerprint density at radius 1 is 0.958 bits per heavy atom. The molecule has 0 amide bonds. The molecule has 0 aliphatic rings. The molecule has 1 heterocycles. The van der Waals surface area contributed by atoms with E-state index < -0.39 is 12.1 Å². The van der Waals surface area contributed by atoms with Gasteiger partial charge in [-0.25, -0.2) is 0 Å². The van der Waals surface area contributed by atoms with Gasteiger partial charge in [0.1, 0.15) is 0 Å². The van der Waals surface area contributed by atoms with Crippen molar-refractivity contribution in [1.82, 2.24) is 4.98 Å². The second kappa shape index (κ2) is 8.90. The lowest BCUT2D eigenvalue weighted by Gasteiger charge is -2.30. The highest BCUT2D eigenvalue weighted by Gasteiger charge is 2.26. The molecule has 24 heavy (non-hydrogen) atoms. The van der Waals surface area contributed by atoms with Crippen molar-refractivity contribution < 1.29 is 0 Å². The molecule has 5 heteroatoms. The number of hydrogen-bond donors (Lipinski definition) is 1. The van der Waals surface area contributed by atoms with Crippen LogP contribution in [0.5, 0.6) is 0 Å². The van der Waals surface area contributed by atoms with Crippen LogP contribution >= 0.6 is 24.4 Å². The lowest BCUT2D eigenvalue weighted by Crippen LogP contribution is -2.11. The van der Waals surface area contributed by atoms with Gasteiger partial charge in [0.2, 0.25) is 0 Å². The zero-order valence-electron chi connectivity index (χ0n) is 16.5. The van der Waals surface area contributed by atoms with Crippen molar-refractivity contribution in [2.75, 3.05) is 0 Å². The minimum atomic E-state index is -1.45. The summed E-state index contributed by atoms with van der Waals surface area (Å²) in [6.07, 6.45) is -0.495. The van der Waals surface area contributed by atoms with Gasteiger partial charge in [-0.3, -0.25) is 4.98 Å².